The molecule has 0 aliphatic rings. The number of rotatable bonds is 12. The highest BCUT2D eigenvalue weighted by molar-refractivity contribution is 5.65. The van der Waals surface area contributed by atoms with Gasteiger partial charge in [-0.1, -0.05) is 44.6 Å². The molecule has 0 aliphatic heterocycles. The van der Waals surface area contributed by atoms with Crippen LogP contribution in [0.4, 0.5) is 22.0 Å². The number of unbranched alkanes of at least 4 members (excludes halogenated alkanes) is 8. The van der Waals surface area contributed by atoms with Crippen molar-refractivity contribution in [2.75, 3.05) is 6.61 Å². The molecule has 0 saturated heterocycles. The van der Waals surface area contributed by atoms with Crippen molar-refractivity contribution in [2.45, 2.75) is 76.8 Å². The first-order chi connectivity index (χ1) is 10.7. The monoisotopic (exact) mass is 344 g/mol. The molecule has 0 aromatic carbocycles. The Morgan fingerprint density at radius 2 is 1.35 bits per heavy atom. The van der Waals surface area contributed by atoms with Crippen LogP contribution in [0.5, 0.6) is 0 Å². The minimum absolute atomic E-state index is 0.0594. The maximum Gasteiger partial charge on any atom is 0.457 e. The van der Waals surface area contributed by atoms with Gasteiger partial charge < -0.3 is 4.74 Å². The quantitative estimate of drug-likeness (QED) is 0.193. The predicted octanol–water partition coefficient (Wildman–Crippen LogP) is 5.81. The van der Waals surface area contributed by atoms with Crippen LogP contribution in [0.1, 0.15) is 64.7 Å². The summed E-state index contributed by atoms with van der Waals surface area (Å²) in [5.74, 6) is -5.01. The Balaban J connectivity index is 3.42. The lowest BCUT2D eigenvalue weighted by Crippen LogP contribution is -2.33. The molecule has 0 saturated carbocycles. The van der Waals surface area contributed by atoms with Crippen molar-refractivity contribution in [3.8, 4) is 0 Å². The molecule has 23 heavy (non-hydrogen) atoms. The van der Waals surface area contributed by atoms with Crippen LogP contribution >= 0.6 is 0 Å². The summed E-state index contributed by atoms with van der Waals surface area (Å²) in [6.45, 7) is 1.82. The molecule has 0 aliphatic carbocycles. The average Bonchev–Trinajstić information content (AvgIpc) is 2.42. The molecule has 0 rings (SSSR count). The summed E-state index contributed by atoms with van der Waals surface area (Å²) in [5.41, 5.74) is 0. The van der Waals surface area contributed by atoms with Crippen LogP contribution in [-0.4, -0.2) is 24.7 Å². The maximum absolute atomic E-state index is 12.5. The maximum atomic E-state index is 12.5. The standard InChI is InChI=1S/C16H25F5O2/c1-14(22)23-13-11-9-7-5-3-2-4-6-8-10-12-15(17,18)16(19,20)21/h10,12H,2-9,11,13H2,1H3/b12-10-. The molecular weight excluding hydrogens is 319 g/mol. The van der Waals surface area contributed by atoms with Gasteiger partial charge in [0.05, 0.1) is 6.61 Å². The second-order valence-corrected chi connectivity index (χ2v) is 5.48. The number of hydrogen-bond donors (Lipinski definition) is 0. The molecule has 0 aromatic rings. The van der Waals surface area contributed by atoms with E-state index in [2.05, 4.69) is 0 Å². The molecule has 0 N–H and O–H groups in total. The summed E-state index contributed by atoms with van der Waals surface area (Å²) in [6.07, 6.45) is 2.85. The van der Waals surface area contributed by atoms with Gasteiger partial charge in [-0.25, -0.2) is 0 Å². The van der Waals surface area contributed by atoms with Crippen LogP contribution in [0.3, 0.4) is 0 Å². The molecule has 7 heteroatoms. The molecule has 0 amide bonds. The van der Waals surface area contributed by atoms with Crippen LogP contribution in [0.25, 0.3) is 0 Å². The van der Waals surface area contributed by atoms with Crippen molar-refractivity contribution in [1.82, 2.24) is 0 Å². The van der Waals surface area contributed by atoms with Gasteiger partial charge in [-0.05, 0) is 25.3 Å². The smallest absolute Gasteiger partial charge is 0.457 e. The zero-order chi connectivity index (χ0) is 17.8. The lowest BCUT2D eigenvalue weighted by molar-refractivity contribution is -0.259. The van der Waals surface area contributed by atoms with Crippen molar-refractivity contribution in [3.63, 3.8) is 0 Å². The summed E-state index contributed by atoms with van der Waals surface area (Å²) in [7, 11) is 0. The number of ether oxygens (including phenoxy) is 1. The molecule has 136 valence electrons. The zero-order valence-corrected chi connectivity index (χ0v) is 13.4. The molecule has 0 atom stereocenters. The number of esters is 1. The molecule has 0 spiro atoms. The van der Waals surface area contributed by atoms with Crippen LogP contribution in [-0.2, 0) is 9.53 Å². The lowest BCUT2D eigenvalue weighted by Gasteiger charge is -2.15. The summed E-state index contributed by atoms with van der Waals surface area (Å²) in [4.78, 5) is 10.5. The highest BCUT2D eigenvalue weighted by Crippen LogP contribution is 2.36. The van der Waals surface area contributed by atoms with Gasteiger partial charge in [0.25, 0.3) is 0 Å². The van der Waals surface area contributed by atoms with E-state index in [-0.39, 0.29) is 18.5 Å². The Kier molecular flexibility index (Phi) is 10.8. The number of carbonyl (C=O) groups is 1. The molecule has 0 radical (unpaired) electrons. The number of carbonyl (C=O) groups excluding carboxylic acids is 1. The number of allylic oxidation sites excluding steroid dienone is 2. The van der Waals surface area contributed by atoms with Gasteiger partial charge in [-0.15, -0.1) is 0 Å². The van der Waals surface area contributed by atoms with Crippen molar-refractivity contribution in [3.05, 3.63) is 12.2 Å². The van der Waals surface area contributed by atoms with E-state index in [1.807, 2.05) is 0 Å². The zero-order valence-electron chi connectivity index (χ0n) is 13.4. The summed E-state index contributed by atoms with van der Waals surface area (Å²) >= 11 is 0. The first kappa shape index (κ1) is 21.9. The van der Waals surface area contributed by atoms with E-state index in [4.69, 9.17) is 4.74 Å². The van der Waals surface area contributed by atoms with E-state index in [9.17, 15) is 26.7 Å². The van der Waals surface area contributed by atoms with E-state index in [1.165, 1.54) is 6.92 Å². The molecule has 0 bridgehead atoms. The Morgan fingerprint density at radius 3 is 1.83 bits per heavy atom. The van der Waals surface area contributed by atoms with Gasteiger partial charge in [0.15, 0.2) is 0 Å². The lowest BCUT2D eigenvalue weighted by atomic mass is 10.1. The molecule has 2 nitrogen and oxygen atoms in total. The van der Waals surface area contributed by atoms with Gasteiger partial charge in [0.2, 0.25) is 0 Å². The van der Waals surface area contributed by atoms with Crippen molar-refractivity contribution in [1.29, 1.82) is 0 Å². The third-order valence-corrected chi connectivity index (χ3v) is 3.28. The largest absolute Gasteiger partial charge is 0.466 e. The van der Waals surface area contributed by atoms with Crippen LogP contribution in [0.15, 0.2) is 12.2 Å². The molecule has 0 aromatic heterocycles. The van der Waals surface area contributed by atoms with E-state index in [0.29, 0.717) is 13.0 Å². The number of hydrogen-bond acceptors (Lipinski definition) is 2. The predicted molar refractivity (Wildman–Crippen MR) is 78.3 cm³/mol. The first-order valence-electron chi connectivity index (χ1n) is 7.92. The van der Waals surface area contributed by atoms with Gasteiger partial charge in [0.1, 0.15) is 0 Å². The summed E-state index contributed by atoms with van der Waals surface area (Å²) < 4.78 is 65.5. The minimum Gasteiger partial charge on any atom is -0.466 e. The first-order valence-corrected chi connectivity index (χ1v) is 7.92. The average molecular weight is 344 g/mol. The Labute approximate surface area is 134 Å². The van der Waals surface area contributed by atoms with Gasteiger partial charge in [0, 0.05) is 6.92 Å². The Bertz CT molecular complexity index is 351. The van der Waals surface area contributed by atoms with Gasteiger partial charge in [-0.3, -0.25) is 4.79 Å². The van der Waals surface area contributed by atoms with E-state index in [1.54, 1.807) is 0 Å². The minimum atomic E-state index is -5.51. The van der Waals surface area contributed by atoms with Crippen LogP contribution in [0, 0.1) is 0 Å². The highest BCUT2D eigenvalue weighted by atomic mass is 19.4. The number of halogens is 5. The van der Waals surface area contributed by atoms with Gasteiger partial charge in [-0.2, -0.15) is 22.0 Å². The van der Waals surface area contributed by atoms with E-state index >= 15 is 0 Å². The fraction of sp³-hybridized carbons (Fsp3) is 0.812. The second-order valence-electron chi connectivity index (χ2n) is 5.48. The Morgan fingerprint density at radius 1 is 0.870 bits per heavy atom. The SMILES string of the molecule is CC(=O)OCCCCCCCCCC/C=C\C(F)(F)C(F)(F)F. The fourth-order valence-corrected chi connectivity index (χ4v) is 1.97. The Hall–Kier alpha value is -1.14. The number of alkyl halides is 5. The summed E-state index contributed by atoms with van der Waals surface area (Å²) in [6, 6.07) is 0. The van der Waals surface area contributed by atoms with Gasteiger partial charge >= 0.3 is 18.1 Å². The van der Waals surface area contributed by atoms with E-state index < -0.39 is 12.1 Å². The van der Waals surface area contributed by atoms with Crippen molar-refractivity contribution < 1.29 is 31.5 Å². The summed E-state index contributed by atoms with van der Waals surface area (Å²) in [5, 5.41) is 0. The van der Waals surface area contributed by atoms with Crippen molar-refractivity contribution >= 4 is 5.97 Å². The van der Waals surface area contributed by atoms with Crippen LogP contribution in [0.2, 0.25) is 0 Å². The molecule has 0 fully saturated rings. The van der Waals surface area contributed by atoms with E-state index in [0.717, 1.165) is 51.0 Å². The highest BCUT2D eigenvalue weighted by Gasteiger charge is 2.55. The second kappa shape index (κ2) is 11.4. The third kappa shape index (κ3) is 12.0. The third-order valence-electron chi connectivity index (χ3n) is 3.28. The molecular formula is C16H25F5O2. The molecule has 0 heterocycles. The normalized spacial score (nSPS) is 12.8. The topological polar surface area (TPSA) is 26.3 Å². The van der Waals surface area contributed by atoms with Crippen molar-refractivity contribution in [2.24, 2.45) is 0 Å². The van der Waals surface area contributed by atoms with Crippen LogP contribution < -0.4 is 0 Å². The molecule has 0 unspecified atom stereocenters. The fourth-order valence-electron chi connectivity index (χ4n) is 1.97.